The molecular weight excluding hydrogens is 202 g/mol. The lowest BCUT2D eigenvalue weighted by molar-refractivity contribution is 0.929. The van der Waals surface area contributed by atoms with Gasteiger partial charge < -0.3 is 10.7 Å². The van der Waals surface area contributed by atoms with Gasteiger partial charge in [0.2, 0.25) is 0 Å². The molecule has 0 atom stereocenters. The van der Waals surface area contributed by atoms with E-state index < -0.39 is 0 Å². The van der Waals surface area contributed by atoms with Gasteiger partial charge in [0.15, 0.2) is 0 Å². The minimum absolute atomic E-state index is 0.431. The summed E-state index contributed by atoms with van der Waals surface area (Å²) < 4.78 is 1.75. The molecule has 16 heavy (non-hydrogen) atoms. The molecule has 0 aliphatic rings. The van der Waals surface area contributed by atoms with E-state index in [4.69, 9.17) is 5.73 Å². The van der Waals surface area contributed by atoms with Crippen molar-refractivity contribution in [2.45, 2.75) is 6.54 Å². The molecule has 3 aromatic rings. The highest BCUT2D eigenvalue weighted by Crippen LogP contribution is 2.16. The smallest absolute Gasteiger partial charge is 0.118 e. The van der Waals surface area contributed by atoms with E-state index in [2.05, 4.69) is 15.1 Å². The first-order valence-electron chi connectivity index (χ1n) is 5.05. The van der Waals surface area contributed by atoms with Gasteiger partial charge in [-0.1, -0.05) is 0 Å². The lowest BCUT2D eigenvalue weighted by Crippen LogP contribution is -1.98. The number of nitrogens with zero attached hydrogens (tertiary/aromatic N) is 3. The van der Waals surface area contributed by atoms with Gasteiger partial charge in [-0.15, -0.1) is 0 Å². The highest BCUT2D eigenvalue weighted by Gasteiger charge is 2.05. The quantitative estimate of drug-likeness (QED) is 0.671. The molecule has 0 radical (unpaired) electrons. The van der Waals surface area contributed by atoms with Crippen molar-refractivity contribution in [2.75, 3.05) is 0 Å². The second-order valence-electron chi connectivity index (χ2n) is 3.53. The Morgan fingerprint density at radius 2 is 2.25 bits per heavy atom. The van der Waals surface area contributed by atoms with Crippen LogP contribution >= 0.6 is 0 Å². The maximum absolute atomic E-state index is 5.58. The number of aromatic nitrogens is 4. The Morgan fingerprint density at radius 1 is 1.31 bits per heavy atom. The van der Waals surface area contributed by atoms with Gasteiger partial charge in [0.05, 0.1) is 16.9 Å². The number of hydrogen-bond donors (Lipinski definition) is 2. The van der Waals surface area contributed by atoms with E-state index >= 15 is 0 Å². The van der Waals surface area contributed by atoms with Crippen molar-refractivity contribution in [1.29, 1.82) is 0 Å². The van der Waals surface area contributed by atoms with Gasteiger partial charge in [0.25, 0.3) is 0 Å². The van der Waals surface area contributed by atoms with Crippen molar-refractivity contribution in [2.24, 2.45) is 5.73 Å². The van der Waals surface area contributed by atoms with E-state index in [-0.39, 0.29) is 0 Å². The van der Waals surface area contributed by atoms with Crippen molar-refractivity contribution in [3.63, 3.8) is 0 Å². The average molecular weight is 213 g/mol. The third-order valence-corrected chi connectivity index (χ3v) is 2.55. The Labute approximate surface area is 91.9 Å². The van der Waals surface area contributed by atoms with Crippen molar-refractivity contribution >= 4 is 5.52 Å². The zero-order chi connectivity index (χ0) is 11.0. The Bertz CT molecular complexity index is 608. The lowest BCUT2D eigenvalue weighted by Gasteiger charge is -1.99. The van der Waals surface area contributed by atoms with E-state index in [9.17, 15) is 0 Å². The molecule has 0 aliphatic heterocycles. The summed E-state index contributed by atoms with van der Waals surface area (Å²) in [6.07, 6.45) is 3.56. The van der Waals surface area contributed by atoms with E-state index in [0.717, 1.165) is 22.6 Å². The Balaban J connectivity index is 2.17. The number of imidazole rings is 1. The number of nitrogens with one attached hydrogen (secondary N) is 1. The predicted octanol–water partition coefficient (Wildman–Crippen LogP) is 1.18. The van der Waals surface area contributed by atoms with Gasteiger partial charge >= 0.3 is 0 Å². The molecule has 3 N–H and O–H groups in total. The maximum atomic E-state index is 5.58. The van der Waals surface area contributed by atoms with E-state index in [1.54, 1.807) is 10.8 Å². The fourth-order valence-corrected chi connectivity index (χ4v) is 1.74. The Morgan fingerprint density at radius 3 is 3.00 bits per heavy atom. The fraction of sp³-hybridized carbons (Fsp3) is 0.0909. The normalized spacial score (nSPS) is 11.1. The number of rotatable bonds is 2. The average Bonchev–Trinajstić information content (AvgIpc) is 2.97. The van der Waals surface area contributed by atoms with Crippen LogP contribution in [0.1, 0.15) is 5.69 Å². The SMILES string of the molecule is NCc1ncn2nc(-c3ccc[nH]3)ccc12. The summed E-state index contributed by atoms with van der Waals surface area (Å²) in [7, 11) is 0. The first-order valence-corrected chi connectivity index (χ1v) is 5.05. The van der Waals surface area contributed by atoms with Crippen LogP contribution in [0.5, 0.6) is 0 Å². The van der Waals surface area contributed by atoms with Crippen molar-refractivity contribution in [3.05, 3.63) is 42.5 Å². The summed E-state index contributed by atoms with van der Waals surface area (Å²) in [6, 6.07) is 7.87. The van der Waals surface area contributed by atoms with Crippen LogP contribution < -0.4 is 5.73 Å². The lowest BCUT2D eigenvalue weighted by atomic mass is 10.2. The molecule has 0 aromatic carbocycles. The molecule has 3 rings (SSSR count). The van der Waals surface area contributed by atoms with Gasteiger partial charge in [-0.25, -0.2) is 9.50 Å². The van der Waals surface area contributed by atoms with Crippen LogP contribution in [-0.2, 0) is 6.54 Å². The third-order valence-electron chi connectivity index (χ3n) is 2.55. The molecule has 0 aliphatic carbocycles. The van der Waals surface area contributed by atoms with Gasteiger partial charge in [-0.05, 0) is 24.3 Å². The Hall–Kier alpha value is -2.14. The summed E-state index contributed by atoms with van der Waals surface area (Å²) >= 11 is 0. The summed E-state index contributed by atoms with van der Waals surface area (Å²) in [5.41, 5.74) is 9.28. The summed E-state index contributed by atoms with van der Waals surface area (Å²) in [5, 5.41) is 4.45. The van der Waals surface area contributed by atoms with Gasteiger partial charge in [0, 0.05) is 12.7 Å². The summed E-state index contributed by atoms with van der Waals surface area (Å²) in [6.45, 7) is 0.431. The molecule has 0 spiro atoms. The number of aromatic amines is 1. The van der Waals surface area contributed by atoms with Crippen molar-refractivity contribution in [3.8, 4) is 11.4 Å². The maximum Gasteiger partial charge on any atom is 0.118 e. The summed E-state index contributed by atoms with van der Waals surface area (Å²) in [5.74, 6) is 0. The van der Waals surface area contributed by atoms with Crippen LogP contribution in [0.2, 0.25) is 0 Å². The molecule has 80 valence electrons. The van der Waals surface area contributed by atoms with Crippen molar-refractivity contribution < 1.29 is 0 Å². The first kappa shape index (κ1) is 9.11. The minimum Gasteiger partial charge on any atom is -0.360 e. The van der Waals surface area contributed by atoms with Crippen LogP contribution in [0.15, 0.2) is 36.8 Å². The monoisotopic (exact) mass is 213 g/mol. The number of hydrogen-bond acceptors (Lipinski definition) is 3. The highest BCUT2D eigenvalue weighted by molar-refractivity contribution is 5.59. The predicted molar refractivity (Wildman–Crippen MR) is 60.7 cm³/mol. The topological polar surface area (TPSA) is 72.0 Å². The molecule has 3 aromatic heterocycles. The first-order chi connectivity index (χ1) is 7.88. The van der Waals surface area contributed by atoms with Crippen LogP contribution in [-0.4, -0.2) is 19.6 Å². The largest absolute Gasteiger partial charge is 0.360 e. The second-order valence-corrected chi connectivity index (χ2v) is 3.53. The molecule has 0 bridgehead atoms. The van der Waals surface area contributed by atoms with Crippen LogP contribution in [0.4, 0.5) is 0 Å². The van der Waals surface area contributed by atoms with Gasteiger partial charge in [-0.2, -0.15) is 5.10 Å². The molecule has 5 heteroatoms. The number of H-pyrrole nitrogens is 1. The molecule has 3 heterocycles. The zero-order valence-electron chi connectivity index (χ0n) is 8.59. The van der Waals surface area contributed by atoms with Crippen molar-refractivity contribution in [1.82, 2.24) is 19.6 Å². The van der Waals surface area contributed by atoms with Gasteiger partial charge in [0.1, 0.15) is 12.0 Å². The third kappa shape index (κ3) is 1.30. The van der Waals surface area contributed by atoms with Crippen LogP contribution in [0, 0.1) is 0 Å². The molecular formula is C11H11N5. The molecule has 0 saturated carbocycles. The van der Waals surface area contributed by atoms with Gasteiger partial charge in [-0.3, -0.25) is 0 Å². The van der Waals surface area contributed by atoms with E-state index in [0.29, 0.717) is 6.54 Å². The number of nitrogens with two attached hydrogens (primary N) is 1. The minimum atomic E-state index is 0.431. The molecule has 5 nitrogen and oxygen atoms in total. The van der Waals surface area contributed by atoms with E-state index in [1.165, 1.54) is 0 Å². The van der Waals surface area contributed by atoms with Crippen LogP contribution in [0.3, 0.4) is 0 Å². The zero-order valence-corrected chi connectivity index (χ0v) is 8.59. The molecule has 0 saturated heterocycles. The highest BCUT2D eigenvalue weighted by atomic mass is 15.2. The van der Waals surface area contributed by atoms with Crippen LogP contribution in [0.25, 0.3) is 16.9 Å². The van der Waals surface area contributed by atoms with E-state index in [1.807, 2.05) is 30.5 Å². The Kier molecular flexibility index (Phi) is 1.97. The standard InChI is InChI=1S/C11H11N5/c12-6-10-11-4-3-9(8-2-1-5-13-8)15-16(11)7-14-10/h1-5,7,13H,6,12H2. The molecule has 0 amide bonds. The summed E-state index contributed by atoms with van der Waals surface area (Å²) in [4.78, 5) is 7.32. The molecule has 0 unspecified atom stereocenters. The molecule has 0 fully saturated rings. The number of fused-ring (bicyclic) bond motifs is 1. The fourth-order valence-electron chi connectivity index (χ4n) is 1.74. The second kappa shape index (κ2) is 3.46.